The van der Waals surface area contributed by atoms with Crippen LogP contribution in [0.3, 0.4) is 0 Å². The van der Waals surface area contributed by atoms with Crippen LogP contribution in [0.2, 0.25) is 0 Å². The summed E-state index contributed by atoms with van der Waals surface area (Å²) in [6.07, 6.45) is 1.08. The Labute approximate surface area is 255 Å². The standard InChI is InChI=1S/C36H33FN2O5/c1-42-35(40)27-13-11-25(12-14-27)32-33-30(9-6-10-31(33)44-23-24-7-4-3-5-8-24)39(29-17-15-28(37)16-18-29)34(32)26-19-21-38(22-20-26)36(41)43-2/h3-18,26H,19-23H2,1-2H3. The SMILES string of the molecule is COC(=O)c1ccc(-c2c(C3CCN(C(=O)OC)CC3)n(-c3ccc(F)cc3)c3cccc(OCc4ccccc4)c23)cc1. The molecule has 0 aliphatic carbocycles. The van der Waals surface area contributed by atoms with E-state index in [1.54, 1.807) is 29.2 Å². The Morgan fingerprint density at radius 3 is 2.18 bits per heavy atom. The lowest BCUT2D eigenvalue weighted by atomic mass is 9.88. The van der Waals surface area contributed by atoms with Crippen molar-refractivity contribution < 1.29 is 28.2 Å². The van der Waals surface area contributed by atoms with Crippen molar-refractivity contribution in [2.45, 2.75) is 25.4 Å². The van der Waals surface area contributed by atoms with E-state index in [0.29, 0.717) is 43.9 Å². The molecule has 1 aliphatic heterocycles. The molecule has 1 aromatic heterocycles. The number of ether oxygens (including phenoxy) is 3. The van der Waals surface area contributed by atoms with Gasteiger partial charge in [0.2, 0.25) is 0 Å². The van der Waals surface area contributed by atoms with Crippen molar-refractivity contribution >= 4 is 23.0 Å². The third-order valence-electron chi connectivity index (χ3n) is 8.22. The highest BCUT2D eigenvalue weighted by Crippen LogP contribution is 2.47. The Morgan fingerprint density at radius 1 is 0.818 bits per heavy atom. The predicted molar refractivity (Wildman–Crippen MR) is 167 cm³/mol. The van der Waals surface area contributed by atoms with Gasteiger partial charge < -0.3 is 23.7 Å². The highest BCUT2D eigenvalue weighted by atomic mass is 19.1. The van der Waals surface area contributed by atoms with Gasteiger partial charge in [-0.25, -0.2) is 14.0 Å². The molecule has 1 amide bonds. The van der Waals surface area contributed by atoms with Gasteiger partial charge in [0.05, 0.1) is 30.7 Å². The van der Waals surface area contributed by atoms with Crippen LogP contribution in [0.15, 0.2) is 97.1 Å². The number of methoxy groups -OCH3 is 2. The average Bonchev–Trinajstić information content (AvgIpc) is 3.43. The number of hydrogen-bond donors (Lipinski definition) is 0. The van der Waals surface area contributed by atoms with Crippen LogP contribution in [0, 0.1) is 5.82 Å². The lowest BCUT2D eigenvalue weighted by Crippen LogP contribution is -2.38. The van der Waals surface area contributed by atoms with E-state index >= 15 is 0 Å². The van der Waals surface area contributed by atoms with Crippen LogP contribution < -0.4 is 4.74 Å². The zero-order chi connectivity index (χ0) is 30.6. The molecule has 1 aliphatic rings. The monoisotopic (exact) mass is 592 g/mol. The Kier molecular flexibility index (Phi) is 8.32. The number of rotatable bonds is 7. The lowest BCUT2D eigenvalue weighted by molar-refractivity contribution is 0.0600. The number of carbonyl (C=O) groups excluding carboxylic acids is 2. The number of nitrogens with zero attached hydrogens (tertiary/aromatic N) is 2. The van der Waals surface area contributed by atoms with E-state index < -0.39 is 5.97 Å². The quantitative estimate of drug-likeness (QED) is 0.181. The topological polar surface area (TPSA) is 70.0 Å². The van der Waals surface area contributed by atoms with Gasteiger partial charge in [-0.05, 0) is 72.5 Å². The number of piperidine rings is 1. The number of hydrogen-bond acceptors (Lipinski definition) is 5. The van der Waals surface area contributed by atoms with Gasteiger partial charge in [0, 0.05) is 36.0 Å². The smallest absolute Gasteiger partial charge is 0.409 e. The molecule has 0 unspecified atom stereocenters. The van der Waals surface area contributed by atoms with E-state index in [1.165, 1.54) is 26.4 Å². The van der Waals surface area contributed by atoms with Gasteiger partial charge in [0.25, 0.3) is 0 Å². The van der Waals surface area contributed by atoms with Gasteiger partial charge in [-0.1, -0.05) is 48.5 Å². The zero-order valence-corrected chi connectivity index (χ0v) is 24.7. The van der Waals surface area contributed by atoms with Gasteiger partial charge in [0.15, 0.2) is 0 Å². The normalized spacial score (nSPS) is 13.6. The third kappa shape index (κ3) is 5.63. The van der Waals surface area contributed by atoms with Crippen molar-refractivity contribution in [1.82, 2.24) is 9.47 Å². The summed E-state index contributed by atoms with van der Waals surface area (Å²) in [7, 11) is 2.76. The molecule has 0 atom stereocenters. The van der Waals surface area contributed by atoms with Crippen molar-refractivity contribution in [1.29, 1.82) is 0 Å². The van der Waals surface area contributed by atoms with Gasteiger partial charge >= 0.3 is 12.1 Å². The molecule has 4 aromatic carbocycles. The number of fused-ring (bicyclic) bond motifs is 1. The first kappa shape index (κ1) is 29.0. The first-order valence-corrected chi connectivity index (χ1v) is 14.6. The summed E-state index contributed by atoms with van der Waals surface area (Å²) in [6.45, 7) is 1.47. The molecule has 224 valence electrons. The molecule has 2 heterocycles. The molecule has 44 heavy (non-hydrogen) atoms. The number of halogens is 1. The highest BCUT2D eigenvalue weighted by molar-refractivity contribution is 6.04. The maximum atomic E-state index is 14.1. The second kappa shape index (κ2) is 12.6. The Bertz CT molecular complexity index is 1770. The second-order valence-corrected chi connectivity index (χ2v) is 10.8. The number of esters is 1. The van der Waals surface area contributed by atoms with E-state index in [4.69, 9.17) is 14.2 Å². The highest BCUT2D eigenvalue weighted by Gasteiger charge is 2.32. The van der Waals surface area contributed by atoms with E-state index in [2.05, 4.69) is 4.57 Å². The van der Waals surface area contributed by atoms with Crippen LogP contribution >= 0.6 is 0 Å². The molecule has 1 fully saturated rings. The summed E-state index contributed by atoms with van der Waals surface area (Å²) in [5.74, 6) is 0.0503. The summed E-state index contributed by atoms with van der Waals surface area (Å²) in [4.78, 5) is 26.3. The van der Waals surface area contributed by atoms with Crippen molar-refractivity contribution in [2.24, 2.45) is 0 Å². The van der Waals surface area contributed by atoms with Crippen LogP contribution in [0.5, 0.6) is 5.75 Å². The maximum Gasteiger partial charge on any atom is 0.409 e. The fourth-order valence-electron chi connectivity index (χ4n) is 6.09. The number of aromatic nitrogens is 1. The first-order valence-electron chi connectivity index (χ1n) is 14.6. The fraction of sp³-hybridized carbons (Fsp3) is 0.222. The molecule has 1 saturated heterocycles. The van der Waals surface area contributed by atoms with Crippen LogP contribution in [-0.2, 0) is 16.1 Å². The summed E-state index contributed by atoms with van der Waals surface area (Å²) < 4.78 is 32.8. The third-order valence-corrected chi connectivity index (χ3v) is 8.22. The van der Waals surface area contributed by atoms with E-state index in [9.17, 15) is 14.0 Å². The van der Waals surface area contributed by atoms with Gasteiger partial charge in [-0.3, -0.25) is 0 Å². The van der Waals surface area contributed by atoms with E-state index in [1.807, 2.05) is 60.7 Å². The molecule has 6 rings (SSSR count). The zero-order valence-electron chi connectivity index (χ0n) is 24.7. The fourth-order valence-corrected chi connectivity index (χ4v) is 6.09. The minimum Gasteiger partial charge on any atom is -0.488 e. The summed E-state index contributed by atoms with van der Waals surface area (Å²) in [6, 6.07) is 29.8. The van der Waals surface area contributed by atoms with Crippen LogP contribution in [0.1, 0.15) is 40.4 Å². The predicted octanol–water partition coefficient (Wildman–Crippen LogP) is 7.75. The van der Waals surface area contributed by atoms with Gasteiger partial charge in [0.1, 0.15) is 18.2 Å². The summed E-state index contributed by atoms with van der Waals surface area (Å²) in [5, 5.41) is 0.920. The summed E-state index contributed by atoms with van der Waals surface area (Å²) >= 11 is 0. The van der Waals surface area contributed by atoms with Crippen LogP contribution in [0.25, 0.3) is 27.7 Å². The molecule has 0 spiro atoms. The maximum absolute atomic E-state index is 14.1. The number of amides is 1. The van der Waals surface area contributed by atoms with E-state index in [-0.39, 0.29) is 17.8 Å². The average molecular weight is 593 g/mol. The van der Waals surface area contributed by atoms with Gasteiger partial charge in [-0.15, -0.1) is 0 Å². The molecule has 0 N–H and O–H groups in total. The summed E-state index contributed by atoms with van der Waals surface area (Å²) in [5.41, 5.74) is 6.15. The number of benzene rings is 4. The minimum absolute atomic E-state index is 0.0608. The molecule has 0 radical (unpaired) electrons. The molecule has 0 bridgehead atoms. The number of likely N-dealkylation sites (tertiary alicyclic amines) is 1. The van der Waals surface area contributed by atoms with Crippen molar-refractivity contribution in [3.05, 3.63) is 120 Å². The number of carbonyl (C=O) groups is 2. The first-order chi connectivity index (χ1) is 21.5. The van der Waals surface area contributed by atoms with Crippen molar-refractivity contribution in [3.63, 3.8) is 0 Å². The Morgan fingerprint density at radius 2 is 1.52 bits per heavy atom. The minimum atomic E-state index is -0.410. The molecule has 7 nitrogen and oxygen atoms in total. The van der Waals surface area contributed by atoms with Crippen LogP contribution in [0.4, 0.5) is 9.18 Å². The molecular weight excluding hydrogens is 559 g/mol. The van der Waals surface area contributed by atoms with Crippen molar-refractivity contribution in [2.75, 3.05) is 27.3 Å². The second-order valence-electron chi connectivity index (χ2n) is 10.8. The Hall–Kier alpha value is -5.11. The molecule has 5 aromatic rings. The molecular formula is C36H33FN2O5. The van der Waals surface area contributed by atoms with Crippen molar-refractivity contribution in [3.8, 4) is 22.6 Å². The lowest BCUT2D eigenvalue weighted by Gasteiger charge is -2.32. The largest absolute Gasteiger partial charge is 0.488 e. The van der Waals surface area contributed by atoms with E-state index in [0.717, 1.165) is 39.0 Å². The Balaban J connectivity index is 1.57. The molecule has 0 saturated carbocycles. The van der Waals surface area contributed by atoms with Gasteiger partial charge in [-0.2, -0.15) is 0 Å². The molecule has 8 heteroatoms. The van der Waals surface area contributed by atoms with Crippen LogP contribution in [-0.4, -0.2) is 48.8 Å².